The van der Waals surface area contributed by atoms with E-state index in [2.05, 4.69) is 128 Å². The first-order chi connectivity index (χ1) is 19.8. The van der Waals surface area contributed by atoms with Gasteiger partial charge in [0.2, 0.25) is 0 Å². The third-order valence-electron chi connectivity index (χ3n) is 8.43. The number of aryl methyl sites for hydroxylation is 2. The summed E-state index contributed by atoms with van der Waals surface area (Å²) in [5.74, 6) is 0. The van der Waals surface area contributed by atoms with Gasteiger partial charge in [-0.05, 0) is 101 Å². The van der Waals surface area contributed by atoms with Gasteiger partial charge in [-0.25, -0.2) is 0 Å². The van der Waals surface area contributed by atoms with Crippen LogP contribution in [-0.2, 0) is 25.7 Å². The van der Waals surface area contributed by atoms with Crippen molar-refractivity contribution in [2.45, 2.75) is 38.5 Å². The zero-order valence-corrected chi connectivity index (χ0v) is 22.8. The van der Waals surface area contributed by atoms with Gasteiger partial charge in [-0.15, -0.1) is 0 Å². The molecule has 0 spiro atoms. The second-order valence-electron chi connectivity index (χ2n) is 10.9. The van der Waals surface area contributed by atoms with E-state index < -0.39 is 0 Å². The van der Waals surface area contributed by atoms with Gasteiger partial charge in [0, 0.05) is 17.3 Å². The summed E-state index contributed by atoms with van der Waals surface area (Å²) in [5.41, 5.74) is 15.6. The maximum absolute atomic E-state index is 5.05. The molecular weight excluding hydrogens is 482 g/mol. The molecule has 0 fully saturated rings. The molecule has 2 aliphatic rings. The Labute approximate surface area is 237 Å². The second-order valence-corrected chi connectivity index (χ2v) is 10.9. The molecule has 0 unspecified atom stereocenters. The molecule has 1 heterocycles. The number of hydrogen-bond acceptors (Lipinski definition) is 1. The van der Waals surface area contributed by atoms with Gasteiger partial charge in [0.05, 0.1) is 5.69 Å². The summed E-state index contributed by atoms with van der Waals surface area (Å²) in [7, 11) is 0. The van der Waals surface area contributed by atoms with E-state index in [-0.39, 0.29) is 0 Å². The standard InChI is InChI=1S/C39H33N/c1-2-4-14-30-23-24-32(39-26-31-18-6-5-15-29-17-8-10-20-34(29)38(31)27-40-39)25-37(30)36-22-12-11-21-35(36)33-19-9-7-16-28(33)13-3-1/h1-4,7-12,16-17,19-27H,5-6,13-15,18H2. The molecule has 2 aliphatic carbocycles. The molecule has 7 rings (SSSR count). The molecule has 0 N–H and O–H groups in total. The van der Waals surface area contributed by atoms with Crippen LogP contribution in [0.5, 0.6) is 0 Å². The number of fused-ring (bicyclic) bond motifs is 8. The second kappa shape index (κ2) is 10.9. The van der Waals surface area contributed by atoms with Crippen molar-refractivity contribution in [3.8, 4) is 44.6 Å². The topological polar surface area (TPSA) is 12.9 Å². The highest BCUT2D eigenvalue weighted by Gasteiger charge is 2.17. The first-order valence-electron chi connectivity index (χ1n) is 14.5. The first kappa shape index (κ1) is 24.5. The largest absolute Gasteiger partial charge is 0.256 e. The van der Waals surface area contributed by atoms with Crippen molar-refractivity contribution < 1.29 is 0 Å². The van der Waals surface area contributed by atoms with Crippen LogP contribution in [0.25, 0.3) is 44.6 Å². The van der Waals surface area contributed by atoms with Crippen molar-refractivity contribution in [1.82, 2.24) is 4.98 Å². The number of aromatic nitrogens is 1. The van der Waals surface area contributed by atoms with Crippen LogP contribution in [0.1, 0.15) is 35.1 Å². The Kier molecular flexibility index (Phi) is 6.71. The van der Waals surface area contributed by atoms with Crippen molar-refractivity contribution in [3.05, 3.63) is 150 Å². The average Bonchev–Trinajstić information content (AvgIpc) is 3.00. The fraction of sp³-hybridized carbons (Fsp3) is 0.154. The predicted octanol–water partition coefficient (Wildman–Crippen LogP) is 9.84. The number of pyridine rings is 1. The van der Waals surface area contributed by atoms with Crippen LogP contribution >= 0.6 is 0 Å². The minimum Gasteiger partial charge on any atom is -0.256 e. The highest BCUT2D eigenvalue weighted by molar-refractivity contribution is 5.88. The van der Waals surface area contributed by atoms with E-state index in [0.29, 0.717) is 0 Å². The smallest absolute Gasteiger partial charge is 0.0705 e. The predicted molar refractivity (Wildman–Crippen MR) is 168 cm³/mol. The Balaban J connectivity index is 1.38. The monoisotopic (exact) mass is 515 g/mol. The lowest BCUT2D eigenvalue weighted by Crippen LogP contribution is -2.02. The van der Waals surface area contributed by atoms with Crippen molar-refractivity contribution in [3.63, 3.8) is 0 Å². The highest BCUT2D eigenvalue weighted by Crippen LogP contribution is 2.39. The Morgan fingerprint density at radius 2 is 1.02 bits per heavy atom. The van der Waals surface area contributed by atoms with Gasteiger partial charge in [0.25, 0.3) is 0 Å². The highest BCUT2D eigenvalue weighted by atomic mass is 14.7. The molecule has 4 aromatic carbocycles. The van der Waals surface area contributed by atoms with Crippen LogP contribution < -0.4 is 0 Å². The molecule has 1 aromatic heterocycles. The van der Waals surface area contributed by atoms with Crippen molar-refractivity contribution >= 4 is 0 Å². The summed E-state index contributed by atoms with van der Waals surface area (Å²) >= 11 is 0. The fourth-order valence-electron chi connectivity index (χ4n) is 6.36. The van der Waals surface area contributed by atoms with Gasteiger partial charge in [-0.1, -0.05) is 109 Å². The number of allylic oxidation sites excluding steroid dienone is 4. The van der Waals surface area contributed by atoms with E-state index in [1.54, 1.807) is 0 Å². The van der Waals surface area contributed by atoms with Gasteiger partial charge in [0.15, 0.2) is 0 Å². The van der Waals surface area contributed by atoms with E-state index in [0.717, 1.165) is 31.4 Å². The number of benzene rings is 4. The fourth-order valence-corrected chi connectivity index (χ4v) is 6.36. The molecule has 0 atom stereocenters. The molecule has 0 saturated carbocycles. The average molecular weight is 516 g/mol. The lowest BCUT2D eigenvalue weighted by molar-refractivity contribution is 0.729. The number of rotatable bonds is 1. The molecular formula is C39H33N. The molecule has 0 saturated heterocycles. The summed E-state index contributed by atoms with van der Waals surface area (Å²) in [4.78, 5) is 5.05. The zero-order valence-electron chi connectivity index (χ0n) is 22.8. The van der Waals surface area contributed by atoms with E-state index in [1.807, 2.05) is 0 Å². The molecule has 5 aromatic rings. The van der Waals surface area contributed by atoms with Crippen molar-refractivity contribution in [2.75, 3.05) is 0 Å². The van der Waals surface area contributed by atoms with E-state index in [1.165, 1.54) is 74.0 Å². The van der Waals surface area contributed by atoms with Crippen LogP contribution in [0.3, 0.4) is 0 Å². The Morgan fingerprint density at radius 3 is 1.77 bits per heavy atom. The third-order valence-corrected chi connectivity index (χ3v) is 8.43. The summed E-state index contributed by atoms with van der Waals surface area (Å²) in [5, 5.41) is 0. The maximum Gasteiger partial charge on any atom is 0.0705 e. The molecule has 0 aliphatic heterocycles. The van der Waals surface area contributed by atoms with Gasteiger partial charge in [-0.2, -0.15) is 0 Å². The number of nitrogens with zero attached hydrogens (tertiary/aromatic N) is 1. The summed E-state index contributed by atoms with van der Waals surface area (Å²) in [6.45, 7) is 0. The summed E-state index contributed by atoms with van der Waals surface area (Å²) < 4.78 is 0. The van der Waals surface area contributed by atoms with Crippen LogP contribution in [0.4, 0.5) is 0 Å². The Hall–Kier alpha value is -4.49. The SMILES string of the molecule is C1=CCc2ccccc2-c2ccccc2-c2cc(-c3cc4c(cn3)-c3ccccc3CCCC4)ccc2CC=C1. The van der Waals surface area contributed by atoms with Crippen molar-refractivity contribution in [2.24, 2.45) is 0 Å². The summed E-state index contributed by atoms with van der Waals surface area (Å²) in [6.07, 6.45) is 17.5. The molecule has 0 radical (unpaired) electrons. The molecule has 1 heteroatoms. The Morgan fingerprint density at radius 1 is 0.450 bits per heavy atom. The number of hydrogen-bond donors (Lipinski definition) is 0. The van der Waals surface area contributed by atoms with Gasteiger partial charge in [-0.3, -0.25) is 4.98 Å². The normalized spacial score (nSPS) is 14.2. The molecule has 0 bridgehead atoms. The lowest BCUT2D eigenvalue weighted by Gasteiger charge is -2.19. The van der Waals surface area contributed by atoms with Gasteiger partial charge >= 0.3 is 0 Å². The quantitative estimate of drug-likeness (QED) is 0.216. The molecule has 0 amide bonds. The Bertz CT molecular complexity index is 1750. The van der Waals surface area contributed by atoms with Crippen molar-refractivity contribution in [1.29, 1.82) is 0 Å². The van der Waals surface area contributed by atoms with Crippen LogP contribution in [0.2, 0.25) is 0 Å². The first-order valence-corrected chi connectivity index (χ1v) is 14.5. The molecule has 1 nitrogen and oxygen atoms in total. The zero-order chi connectivity index (χ0) is 26.7. The van der Waals surface area contributed by atoms with Gasteiger partial charge < -0.3 is 0 Å². The van der Waals surface area contributed by atoms with Gasteiger partial charge in [0.1, 0.15) is 0 Å². The van der Waals surface area contributed by atoms with E-state index in [4.69, 9.17) is 4.98 Å². The van der Waals surface area contributed by atoms with E-state index >= 15 is 0 Å². The minimum atomic E-state index is 0.893. The molecule has 194 valence electrons. The van der Waals surface area contributed by atoms with Crippen LogP contribution in [0, 0.1) is 0 Å². The maximum atomic E-state index is 5.05. The van der Waals surface area contributed by atoms with Crippen LogP contribution in [0.15, 0.2) is 128 Å². The minimum absolute atomic E-state index is 0.893. The third kappa shape index (κ3) is 4.73. The summed E-state index contributed by atoms with van der Waals surface area (Å²) in [6, 6.07) is 35.9. The van der Waals surface area contributed by atoms with Crippen LogP contribution in [-0.4, -0.2) is 4.98 Å². The molecule has 40 heavy (non-hydrogen) atoms. The van der Waals surface area contributed by atoms with E-state index in [9.17, 15) is 0 Å². The lowest BCUT2D eigenvalue weighted by atomic mass is 9.86.